The Labute approximate surface area is 190 Å². The molecule has 2 saturated heterocycles. The summed E-state index contributed by atoms with van der Waals surface area (Å²) in [6.07, 6.45) is 1.98. The van der Waals surface area contributed by atoms with E-state index >= 15 is 0 Å². The fraction of sp³-hybridized carbons (Fsp3) is 0.591. The van der Waals surface area contributed by atoms with Gasteiger partial charge in [0, 0.05) is 50.4 Å². The van der Waals surface area contributed by atoms with E-state index in [4.69, 9.17) is 14.2 Å². The Morgan fingerprint density at radius 2 is 1.72 bits per heavy atom. The summed E-state index contributed by atoms with van der Waals surface area (Å²) >= 11 is 0. The number of rotatable bonds is 7. The van der Waals surface area contributed by atoms with Crippen LogP contribution in [0.4, 0.5) is 0 Å². The van der Waals surface area contributed by atoms with E-state index in [1.54, 1.807) is 30.2 Å². The summed E-state index contributed by atoms with van der Waals surface area (Å²) in [5.41, 5.74) is 1.29. The van der Waals surface area contributed by atoms with Gasteiger partial charge in [0.05, 0.1) is 26.4 Å². The molecule has 2 unspecified atom stereocenters. The van der Waals surface area contributed by atoms with Crippen LogP contribution in [0.3, 0.4) is 0 Å². The second kappa shape index (κ2) is 10.2. The zero-order valence-electron chi connectivity index (χ0n) is 19.2. The van der Waals surface area contributed by atoms with Crippen LogP contribution in [-0.2, 0) is 21.4 Å². The first-order chi connectivity index (χ1) is 15.2. The van der Waals surface area contributed by atoms with Gasteiger partial charge in [-0.3, -0.25) is 4.79 Å². The van der Waals surface area contributed by atoms with Crippen LogP contribution in [-0.4, -0.2) is 93.5 Å². The highest BCUT2D eigenvalue weighted by Gasteiger charge is 2.37. The minimum atomic E-state index is -3.60. The number of carbonyl (C=O) groups is 1. The molecule has 1 amide bonds. The molecule has 0 aromatic heterocycles. The van der Waals surface area contributed by atoms with Crippen molar-refractivity contribution in [1.82, 2.24) is 13.5 Å². The smallest absolute Gasteiger partial charge is 0.282 e. The van der Waals surface area contributed by atoms with E-state index in [2.05, 4.69) is 6.58 Å². The number of nitrogens with zero attached hydrogens (tertiary/aromatic N) is 3. The van der Waals surface area contributed by atoms with Crippen molar-refractivity contribution in [2.24, 2.45) is 0 Å². The Bertz CT molecular complexity index is 933. The van der Waals surface area contributed by atoms with Crippen molar-refractivity contribution in [2.45, 2.75) is 32.5 Å². The van der Waals surface area contributed by atoms with Crippen LogP contribution >= 0.6 is 0 Å². The molecular weight excluding hydrogens is 434 g/mol. The number of piperazine rings is 1. The van der Waals surface area contributed by atoms with Crippen LogP contribution in [0.5, 0.6) is 11.5 Å². The van der Waals surface area contributed by atoms with Gasteiger partial charge in [0.15, 0.2) is 11.5 Å². The molecule has 0 aliphatic carbocycles. The number of carbonyl (C=O) groups excluding carboxylic acids is 1. The lowest BCUT2D eigenvalue weighted by Crippen LogP contribution is -2.57. The maximum Gasteiger partial charge on any atom is 0.282 e. The van der Waals surface area contributed by atoms with Crippen LogP contribution in [0.2, 0.25) is 0 Å². The van der Waals surface area contributed by atoms with Crippen molar-refractivity contribution in [1.29, 1.82) is 0 Å². The largest absolute Gasteiger partial charge is 0.493 e. The number of ether oxygens (including phenoxy) is 3. The SMILES string of the molecule is C=CCc1cc(C(=O)N2CCN(S(=O)(=O)N3CC(C)OC(C)C3)CC2)cc(OC)c1OC. The summed E-state index contributed by atoms with van der Waals surface area (Å²) in [5.74, 6) is 0.891. The molecule has 0 saturated carbocycles. The average molecular weight is 468 g/mol. The second-order valence-corrected chi connectivity index (χ2v) is 10.1. The molecule has 0 N–H and O–H groups in total. The fourth-order valence-corrected chi connectivity index (χ4v) is 6.01. The first-order valence-corrected chi connectivity index (χ1v) is 12.2. The molecule has 0 bridgehead atoms. The molecule has 2 aliphatic rings. The summed E-state index contributed by atoms with van der Waals surface area (Å²) in [6, 6.07) is 3.44. The van der Waals surface area contributed by atoms with Gasteiger partial charge < -0.3 is 19.1 Å². The molecule has 2 atom stereocenters. The third kappa shape index (κ3) is 5.09. The number of amides is 1. The Morgan fingerprint density at radius 1 is 1.09 bits per heavy atom. The molecule has 2 heterocycles. The Balaban J connectivity index is 1.72. The van der Waals surface area contributed by atoms with Gasteiger partial charge in [0.25, 0.3) is 16.1 Å². The van der Waals surface area contributed by atoms with Crippen molar-refractivity contribution >= 4 is 16.1 Å². The van der Waals surface area contributed by atoms with Gasteiger partial charge in [-0.25, -0.2) is 0 Å². The van der Waals surface area contributed by atoms with E-state index in [0.29, 0.717) is 49.7 Å². The zero-order valence-corrected chi connectivity index (χ0v) is 20.1. The lowest BCUT2D eigenvalue weighted by molar-refractivity contribution is -0.0457. The van der Waals surface area contributed by atoms with Gasteiger partial charge in [0.2, 0.25) is 0 Å². The number of benzene rings is 1. The van der Waals surface area contributed by atoms with E-state index in [0.717, 1.165) is 5.56 Å². The first-order valence-electron chi connectivity index (χ1n) is 10.8. The molecule has 3 rings (SSSR count). The molecule has 1 aromatic carbocycles. The maximum absolute atomic E-state index is 13.2. The molecule has 0 spiro atoms. The molecule has 178 valence electrons. The summed E-state index contributed by atoms with van der Waals surface area (Å²) in [5, 5.41) is 0. The zero-order chi connectivity index (χ0) is 23.5. The monoisotopic (exact) mass is 467 g/mol. The summed E-state index contributed by atoms with van der Waals surface area (Å²) < 4.78 is 45.7. The molecule has 2 aliphatic heterocycles. The van der Waals surface area contributed by atoms with E-state index in [1.807, 2.05) is 13.8 Å². The first kappa shape index (κ1) is 24.5. The summed E-state index contributed by atoms with van der Waals surface area (Å²) in [6.45, 7) is 9.32. The number of allylic oxidation sites excluding steroid dienone is 1. The van der Waals surface area contributed by atoms with Gasteiger partial charge in [-0.05, 0) is 32.4 Å². The van der Waals surface area contributed by atoms with Crippen molar-refractivity contribution in [3.63, 3.8) is 0 Å². The van der Waals surface area contributed by atoms with E-state index in [1.165, 1.54) is 15.7 Å². The fourth-order valence-electron chi connectivity index (χ4n) is 4.26. The van der Waals surface area contributed by atoms with Crippen molar-refractivity contribution in [3.8, 4) is 11.5 Å². The van der Waals surface area contributed by atoms with Gasteiger partial charge in [-0.1, -0.05) is 6.08 Å². The third-order valence-electron chi connectivity index (χ3n) is 5.73. The second-order valence-electron chi connectivity index (χ2n) is 8.14. The minimum absolute atomic E-state index is 0.147. The Morgan fingerprint density at radius 3 is 2.25 bits per heavy atom. The number of hydrogen-bond donors (Lipinski definition) is 0. The van der Waals surface area contributed by atoms with E-state index < -0.39 is 10.2 Å². The molecule has 1 aromatic rings. The quantitative estimate of drug-likeness (QED) is 0.566. The molecule has 2 fully saturated rings. The minimum Gasteiger partial charge on any atom is -0.493 e. The number of methoxy groups -OCH3 is 2. The predicted molar refractivity (Wildman–Crippen MR) is 121 cm³/mol. The number of morpholine rings is 1. The van der Waals surface area contributed by atoms with Gasteiger partial charge >= 0.3 is 0 Å². The normalized spacial score (nSPS) is 23.1. The van der Waals surface area contributed by atoms with Crippen molar-refractivity contribution < 1.29 is 27.4 Å². The summed E-state index contributed by atoms with van der Waals surface area (Å²) in [4.78, 5) is 14.9. The molecule has 10 heteroatoms. The maximum atomic E-state index is 13.2. The topological polar surface area (TPSA) is 88.6 Å². The predicted octanol–water partition coefficient (Wildman–Crippen LogP) is 1.54. The van der Waals surface area contributed by atoms with Crippen LogP contribution in [0.25, 0.3) is 0 Å². The van der Waals surface area contributed by atoms with Gasteiger partial charge in [-0.2, -0.15) is 17.0 Å². The van der Waals surface area contributed by atoms with Crippen LogP contribution in [0, 0.1) is 0 Å². The highest BCUT2D eigenvalue weighted by Crippen LogP contribution is 2.33. The summed E-state index contributed by atoms with van der Waals surface area (Å²) in [7, 11) is -0.512. The Hall–Kier alpha value is -2.14. The van der Waals surface area contributed by atoms with Crippen LogP contribution < -0.4 is 9.47 Å². The standard InChI is InChI=1S/C22H33N3O6S/c1-6-7-18-12-19(13-20(29-4)21(18)30-5)22(26)23-8-10-24(11-9-23)32(27,28)25-14-16(2)31-17(3)15-25/h6,12-13,16-17H,1,7-11,14-15H2,2-5H3. The van der Waals surface area contributed by atoms with E-state index in [-0.39, 0.29) is 31.2 Å². The third-order valence-corrected chi connectivity index (χ3v) is 7.70. The van der Waals surface area contributed by atoms with Gasteiger partial charge in [-0.15, -0.1) is 6.58 Å². The number of hydrogen-bond acceptors (Lipinski definition) is 6. The van der Waals surface area contributed by atoms with Crippen LogP contribution in [0.15, 0.2) is 24.8 Å². The average Bonchev–Trinajstić information content (AvgIpc) is 2.77. The van der Waals surface area contributed by atoms with Crippen LogP contribution in [0.1, 0.15) is 29.8 Å². The lowest BCUT2D eigenvalue weighted by atomic mass is 10.0. The van der Waals surface area contributed by atoms with Crippen molar-refractivity contribution in [2.75, 3.05) is 53.5 Å². The molecular formula is C22H33N3O6S. The van der Waals surface area contributed by atoms with Gasteiger partial charge in [0.1, 0.15) is 0 Å². The lowest BCUT2D eigenvalue weighted by Gasteiger charge is -2.40. The van der Waals surface area contributed by atoms with E-state index in [9.17, 15) is 13.2 Å². The molecule has 9 nitrogen and oxygen atoms in total. The highest BCUT2D eigenvalue weighted by atomic mass is 32.2. The molecule has 32 heavy (non-hydrogen) atoms. The van der Waals surface area contributed by atoms with Crippen molar-refractivity contribution in [3.05, 3.63) is 35.9 Å². The highest BCUT2D eigenvalue weighted by molar-refractivity contribution is 7.86. The molecule has 0 radical (unpaired) electrons. The Kier molecular flexibility index (Phi) is 7.81.